The van der Waals surface area contributed by atoms with Crippen molar-refractivity contribution in [3.63, 3.8) is 0 Å². The molecule has 0 radical (unpaired) electrons. The highest BCUT2D eigenvalue weighted by Crippen LogP contribution is 2.36. The first-order valence-corrected chi connectivity index (χ1v) is 5.28. The molecule has 1 fully saturated rings. The third-order valence-corrected chi connectivity index (χ3v) is 2.64. The lowest BCUT2D eigenvalue weighted by Gasteiger charge is -2.18. The fraction of sp³-hybridized carbons (Fsp3) is 0.455. The molecule has 3 N–H and O–H groups in total. The van der Waals surface area contributed by atoms with Gasteiger partial charge in [-0.1, -0.05) is 0 Å². The van der Waals surface area contributed by atoms with Gasteiger partial charge >= 0.3 is 6.18 Å². The number of nitrogen functional groups attached to an aromatic ring is 1. The lowest BCUT2D eigenvalue weighted by molar-refractivity contribution is -0.136. The van der Waals surface area contributed by atoms with Crippen molar-refractivity contribution in [2.24, 2.45) is 0 Å². The predicted octanol–water partition coefficient (Wildman–Crippen LogP) is 2.49. The van der Waals surface area contributed by atoms with Gasteiger partial charge < -0.3 is 15.8 Å². The Morgan fingerprint density at radius 2 is 2.12 bits per heavy atom. The largest absolute Gasteiger partial charge is 0.418 e. The van der Waals surface area contributed by atoms with E-state index in [1.54, 1.807) is 0 Å². The van der Waals surface area contributed by atoms with Crippen LogP contribution >= 0.6 is 0 Å². The minimum atomic E-state index is -4.41. The van der Waals surface area contributed by atoms with E-state index in [2.05, 4.69) is 5.32 Å². The molecular weight excluding hydrogens is 233 g/mol. The minimum Gasteiger partial charge on any atom is -0.399 e. The predicted molar refractivity (Wildman–Crippen MR) is 58.7 cm³/mol. The molecule has 6 heteroatoms. The van der Waals surface area contributed by atoms with Gasteiger partial charge in [-0.3, -0.25) is 0 Å². The van der Waals surface area contributed by atoms with Crippen LogP contribution in [-0.4, -0.2) is 19.3 Å². The van der Waals surface area contributed by atoms with E-state index in [1.807, 2.05) is 0 Å². The lowest BCUT2D eigenvalue weighted by atomic mass is 10.1. The number of nitrogens with one attached hydrogen (secondary N) is 1. The number of benzene rings is 1. The first-order valence-electron chi connectivity index (χ1n) is 5.28. The van der Waals surface area contributed by atoms with E-state index in [0.717, 1.165) is 6.07 Å². The summed E-state index contributed by atoms with van der Waals surface area (Å²) in [6.07, 6.45) is -3.70. The summed E-state index contributed by atoms with van der Waals surface area (Å²) in [4.78, 5) is 0. The van der Waals surface area contributed by atoms with Crippen LogP contribution in [0.25, 0.3) is 0 Å². The van der Waals surface area contributed by atoms with Crippen molar-refractivity contribution >= 4 is 11.4 Å². The Bertz CT molecular complexity index is 400. The zero-order valence-corrected chi connectivity index (χ0v) is 9.05. The van der Waals surface area contributed by atoms with Gasteiger partial charge in [-0.25, -0.2) is 0 Å². The molecule has 94 valence electrons. The Morgan fingerprint density at radius 1 is 1.35 bits per heavy atom. The normalized spacial score (nSPS) is 20.5. The maximum Gasteiger partial charge on any atom is 0.418 e. The van der Waals surface area contributed by atoms with Gasteiger partial charge in [0.05, 0.1) is 18.2 Å². The number of hydrogen-bond acceptors (Lipinski definition) is 3. The summed E-state index contributed by atoms with van der Waals surface area (Å²) in [7, 11) is 0. The highest BCUT2D eigenvalue weighted by molar-refractivity contribution is 5.59. The average molecular weight is 246 g/mol. The van der Waals surface area contributed by atoms with Gasteiger partial charge in [0.2, 0.25) is 0 Å². The standard InChI is InChI=1S/C11H13F3N2O/c12-11(13,14)9-5-7(15)1-2-10(9)16-8-3-4-17-6-8/h1-2,5,8,16H,3-4,6,15H2. The molecule has 0 spiro atoms. The van der Waals surface area contributed by atoms with Gasteiger partial charge in [-0.05, 0) is 24.6 Å². The van der Waals surface area contributed by atoms with Crippen molar-refractivity contribution in [1.29, 1.82) is 0 Å². The molecule has 3 nitrogen and oxygen atoms in total. The zero-order valence-electron chi connectivity index (χ0n) is 9.05. The Hall–Kier alpha value is -1.43. The molecule has 0 saturated carbocycles. The number of anilines is 2. The van der Waals surface area contributed by atoms with Crippen LogP contribution in [0.4, 0.5) is 24.5 Å². The fourth-order valence-corrected chi connectivity index (χ4v) is 1.79. The van der Waals surface area contributed by atoms with E-state index in [4.69, 9.17) is 10.5 Å². The highest BCUT2D eigenvalue weighted by atomic mass is 19.4. The number of hydrogen-bond donors (Lipinski definition) is 2. The van der Waals surface area contributed by atoms with Gasteiger partial charge in [-0.2, -0.15) is 13.2 Å². The van der Waals surface area contributed by atoms with Crippen molar-refractivity contribution in [2.75, 3.05) is 24.3 Å². The molecule has 1 unspecified atom stereocenters. The third kappa shape index (κ3) is 2.82. The lowest BCUT2D eigenvalue weighted by Crippen LogP contribution is -2.21. The summed E-state index contributed by atoms with van der Waals surface area (Å²) >= 11 is 0. The number of nitrogens with two attached hydrogens (primary N) is 1. The average Bonchev–Trinajstić information content (AvgIpc) is 2.72. The summed E-state index contributed by atoms with van der Waals surface area (Å²) in [6.45, 7) is 1.01. The molecule has 1 aliphatic rings. The van der Waals surface area contributed by atoms with Crippen molar-refractivity contribution in [3.05, 3.63) is 23.8 Å². The molecule has 17 heavy (non-hydrogen) atoms. The zero-order chi connectivity index (χ0) is 12.5. The maximum absolute atomic E-state index is 12.8. The summed E-state index contributed by atoms with van der Waals surface area (Å²) in [6, 6.07) is 3.68. The molecule has 1 aromatic rings. The van der Waals surface area contributed by atoms with Gasteiger partial charge in [0, 0.05) is 18.0 Å². The Labute approximate surface area is 96.8 Å². The van der Waals surface area contributed by atoms with Crippen LogP contribution < -0.4 is 11.1 Å². The van der Waals surface area contributed by atoms with E-state index in [-0.39, 0.29) is 17.4 Å². The fourth-order valence-electron chi connectivity index (χ4n) is 1.79. The van der Waals surface area contributed by atoms with Crippen molar-refractivity contribution in [2.45, 2.75) is 18.6 Å². The van der Waals surface area contributed by atoms with Crippen molar-refractivity contribution in [3.8, 4) is 0 Å². The second-order valence-corrected chi connectivity index (χ2v) is 4.01. The maximum atomic E-state index is 12.8. The van der Waals surface area contributed by atoms with Crippen LogP contribution in [0.5, 0.6) is 0 Å². The van der Waals surface area contributed by atoms with Gasteiger partial charge in [0.25, 0.3) is 0 Å². The summed E-state index contributed by atoms with van der Waals surface area (Å²) in [5, 5.41) is 2.84. The van der Waals surface area contributed by atoms with Gasteiger partial charge in [0.1, 0.15) is 0 Å². The van der Waals surface area contributed by atoms with Crippen LogP contribution in [-0.2, 0) is 10.9 Å². The third-order valence-electron chi connectivity index (χ3n) is 2.64. The van der Waals surface area contributed by atoms with E-state index in [1.165, 1.54) is 12.1 Å². The molecule has 1 saturated heterocycles. The molecule has 0 aromatic heterocycles. The monoisotopic (exact) mass is 246 g/mol. The Morgan fingerprint density at radius 3 is 2.71 bits per heavy atom. The first-order chi connectivity index (χ1) is 7.97. The van der Waals surface area contributed by atoms with E-state index in [9.17, 15) is 13.2 Å². The summed E-state index contributed by atoms with van der Waals surface area (Å²) in [5.41, 5.74) is 4.81. The SMILES string of the molecule is Nc1ccc(NC2CCOC2)c(C(F)(F)F)c1. The smallest absolute Gasteiger partial charge is 0.399 e. The molecule has 1 aliphatic heterocycles. The van der Waals surface area contributed by atoms with E-state index < -0.39 is 11.7 Å². The van der Waals surface area contributed by atoms with Crippen LogP contribution in [0.2, 0.25) is 0 Å². The molecule has 0 aliphatic carbocycles. The molecular formula is C11H13F3N2O. The molecule has 0 amide bonds. The number of alkyl halides is 3. The van der Waals surface area contributed by atoms with Gasteiger partial charge in [0.15, 0.2) is 0 Å². The minimum absolute atomic E-state index is 0.0576. The molecule has 1 atom stereocenters. The second-order valence-electron chi connectivity index (χ2n) is 4.01. The van der Waals surface area contributed by atoms with Crippen molar-refractivity contribution in [1.82, 2.24) is 0 Å². The number of rotatable bonds is 2. The highest BCUT2D eigenvalue weighted by Gasteiger charge is 2.34. The Kier molecular flexibility index (Phi) is 3.15. The summed E-state index contributed by atoms with van der Waals surface area (Å²) in [5.74, 6) is 0. The Balaban J connectivity index is 2.25. The number of halogens is 3. The van der Waals surface area contributed by atoms with E-state index >= 15 is 0 Å². The quantitative estimate of drug-likeness (QED) is 0.788. The number of ether oxygens (including phenoxy) is 1. The molecule has 1 heterocycles. The molecule has 0 bridgehead atoms. The molecule has 2 rings (SSSR count). The van der Waals surface area contributed by atoms with Crippen LogP contribution in [0.3, 0.4) is 0 Å². The van der Waals surface area contributed by atoms with Crippen LogP contribution in [0.15, 0.2) is 18.2 Å². The van der Waals surface area contributed by atoms with Crippen LogP contribution in [0, 0.1) is 0 Å². The second kappa shape index (κ2) is 4.44. The molecule has 1 aromatic carbocycles. The topological polar surface area (TPSA) is 47.3 Å². The first kappa shape index (κ1) is 12.0. The van der Waals surface area contributed by atoms with Gasteiger partial charge in [-0.15, -0.1) is 0 Å². The van der Waals surface area contributed by atoms with Crippen molar-refractivity contribution < 1.29 is 17.9 Å². The van der Waals surface area contributed by atoms with E-state index in [0.29, 0.717) is 19.6 Å². The van der Waals surface area contributed by atoms with Crippen LogP contribution in [0.1, 0.15) is 12.0 Å². The summed E-state index contributed by atoms with van der Waals surface area (Å²) < 4.78 is 43.4.